The molecular formula is C17H15ClN4O4S. The summed E-state index contributed by atoms with van der Waals surface area (Å²) in [4.78, 5) is 15.8. The molecule has 0 fully saturated rings. The van der Waals surface area contributed by atoms with Gasteiger partial charge in [-0.1, -0.05) is 41.0 Å². The summed E-state index contributed by atoms with van der Waals surface area (Å²) >= 11 is 6.00. The summed E-state index contributed by atoms with van der Waals surface area (Å²) in [6.07, 6.45) is 1.70. The molecule has 0 aliphatic carbocycles. The number of aromatic nitrogens is 3. The molecular weight excluding hydrogens is 392 g/mol. The number of benzene rings is 1. The predicted molar refractivity (Wildman–Crippen MR) is 96.9 cm³/mol. The van der Waals surface area contributed by atoms with Crippen LogP contribution in [0.4, 0.5) is 0 Å². The Morgan fingerprint density at radius 3 is 2.63 bits per heavy atom. The summed E-state index contributed by atoms with van der Waals surface area (Å²) < 4.78 is 30.0. The van der Waals surface area contributed by atoms with Crippen LogP contribution in [0.2, 0.25) is 5.02 Å². The lowest BCUT2D eigenvalue weighted by atomic mass is 10.2. The summed E-state index contributed by atoms with van der Waals surface area (Å²) in [5, 5.41) is 9.83. The number of amides is 1. The molecule has 1 N–H and O–H groups in total. The van der Waals surface area contributed by atoms with E-state index in [-0.39, 0.29) is 36.2 Å². The second kappa shape index (κ2) is 8.28. The molecule has 1 amide bonds. The maximum Gasteiger partial charge on any atom is 0.335 e. The second-order valence-electron chi connectivity index (χ2n) is 5.53. The number of halogens is 1. The molecule has 0 radical (unpaired) electrons. The first-order chi connectivity index (χ1) is 13.0. The number of carbonyl (C=O) groups is 1. The number of rotatable bonds is 7. The lowest BCUT2D eigenvalue weighted by Crippen LogP contribution is -2.26. The van der Waals surface area contributed by atoms with Crippen molar-refractivity contribution in [1.82, 2.24) is 20.5 Å². The fourth-order valence-electron chi connectivity index (χ4n) is 2.22. The van der Waals surface area contributed by atoms with Crippen molar-refractivity contribution in [2.45, 2.75) is 17.4 Å². The molecule has 3 rings (SSSR count). The Balaban J connectivity index is 1.59. The van der Waals surface area contributed by atoms with E-state index >= 15 is 0 Å². The Bertz CT molecular complexity index is 1040. The lowest BCUT2D eigenvalue weighted by Gasteiger charge is -2.03. The quantitative estimate of drug-likeness (QED) is 0.638. The normalized spacial score (nSPS) is 11.3. The van der Waals surface area contributed by atoms with E-state index in [1.54, 1.807) is 42.5 Å². The average molecular weight is 407 g/mol. The first-order valence-corrected chi connectivity index (χ1v) is 9.96. The number of carbonyl (C=O) groups excluding carboxylic acids is 1. The molecule has 140 valence electrons. The van der Waals surface area contributed by atoms with E-state index in [1.165, 1.54) is 6.20 Å². The molecule has 2 aromatic heterocycles. The Hall–Kier alpha value is -2.78. The van der Waals surface area contributed by atoms with Crippen LogP contribution in [0.15, 0.2) is 58.3 Å². The first kappa shape index (κ1) is 19.0. The third kappa shape index (κ3) is 4.89. The van der Waals surface area contributed by atoms with Crippen molar-refractivity contribution < 1.29 is 17.6 Å². The van der Waals surface area contributed by atoms with Crippen molar-refractivity contribution in [3.8, 4) is 0 Å². The van der Waals surface area contributed by atoms with Crippen LogP contribution in [-0.4, -0.2) is 36.1 Å². The van der Waals surface area contributed by atoms with Gasteiger partial charge in [0.2, 0.25) is 15.7 Å². The molecule has 3 aromatic rings. The van der Waals surface area contributed by atoms with Crippen LogP contribution in [-0.2, 0) is 22.0 Å². The molecule has 0 saturated heterocycles. The molecule has 0 bridgehead atoms. The number of sulfone groups is 1. The van der Waals surface area contributed by atoms with Crippen molar-refractivity contribution in [2.75, 3.05) is 6.54 Å². The molecule has 10 heteroatoms. The van der Waals surface area contributed by atoms with Gasteiger partial charge in [-0.25, -0.2) is 8.42 Å². The zero-order valence-electron chi connectivity index (χ0n) is 14.0. The highest BCUT2D eigenvalue weighted by Crippen LogP contribution is 2.21. The summed E-state index contributed by atoms with van der Waals surface area (Å²) in [6.45, 7) is 0.196. The van der Waals surface area contributed by atoms with Gasteiger partial charge in [-0.05, 0) is 23.8 Å². The van der Waals surface area contributed by atoms with Gasteiger partial charge in [-0.2, -0.15) is 0 Å². The van der Waals surface area contributed by atoms with Crippen molar-refractivity contribution >= 4 is 27.3 Å². The largest absolute Gasteiger partial charge is 0.412 e. The second-order valence-corrected chi connectivity index (χ2v) is 7.81. The minimum Gasteiger partial charge on any atom is -0.412 e. The van der Waals surface area contributed by atoms with Gasteiger partial charge in [-0.15, -0.1) is 5.10 Å². The van der Waals surface area contributed by atoms with Gasteiger partial charge >= 0.3 is 5.22 Å². The van der Waals surface area contributed by atoms with Crippen molar-refractivity contribution in [3.05, 3.63) is 70.8 Å². The summed E-state index contributed by atoms with van der Waals surface area (Å²) in [7, 11) is -3.82. The zero-order valence-corrected chi connectivity index (χ0v) is 15.6. The Morgan fingerprint density at radius 2 is 1.89 bits per heavy atom. The molecule has 0 atom stereocenters. The number of hydrogen-bond donors (Lipinski definition) is 1. The summed E-state index contributed by atoms with van der Waals surface area (Å²) in [5.74, 6) is -0.583. The fourth-order valence-corrected chi connectivity index (χ4v) is 3.67. The molecule has 0 aliphatic heterocycles. The third-order valence-corrected chi connectivity index (χ3v) is 5.30. The van der Waals surface area contributed by atoms with Gasteiger partial charge in [0, 0.05) is 24.2 Å². The highest BCUT2D eigenvalue weighted by atomic mass is 35.5. The van der Waals surface area contributed by atoms with E-state index in [2.05, 4.69) is 20.5 Å². The fraction of sp³-hybridized carbons (Fsp3) is 0.176. The average Bonchev–Trinajstić information content (AvgIpc) is 3.14. The monoisotopic (exact) mass is 406 g/mol. The molecule has 0 spiro atoms. The number of nitrogens with zero attached hydrogens (tertiary/aromatic N) is 3. The molecule has 0 unspecified atom stereocenters. The molecule has 0 saturated carbocycles. The standard InChI is InChI=1S/C17H15ClN4O4S/c18-13-6-2-1-5-12(13)11-27(24,25)17-22-21-15(26-17)8-10-20-16(23)14-7-3-4-9-19-14/h1-7,9H,8,10-11H2,(H,20,23). The summed E-state index contributed by atoms with van der Waals surface area (Å²) in [6, 6.07) is 11.6. The van der Waals surface area contributed by atoms with E-state index in [9.17, 15) is 13.2 Å². The topological polar surface area (TPSA) is 115 Å². The third-order valence-electron chi connectivity index (χ3n) is 3.54. The maximum atomic E-state index is 12.4. The Labute approximate surface area is 160 Å². The van der Waals surface area contributed by atoms with Crippen LogP contribution >= 0.6 is 11.6 Å². The van der Waals surface area contributed by atoms with Gasteiger partial charge in [0.15, 0.2) is 0 Å². The maximum absolute atomic E-state index is 12.4. The van der Waals surface area contributed by atoms with Gasteiger partial charge < -0.3 is 9.73 Å². The SMILES string of the molecule is O=C(NCCc1nnc(S(=O)(=O)Cc2ccccc2Cl)o1)c1ccccn1. The van der Waals surface area contributed by atoms with Crippen LogP contribution in [0, 0.1) is 0 Å². The number of nitrogens with one attached hydrogen (secondary N) is 1. The van der Waals surface area contributed by atoms with Crippen molar-refractivity contribution in [3.63, 3.8) is 0 Å². The summed E-state index contributed by atoms with van der Waals surface area (Å²) in [5.41, 5.74) is 0.729. The minimum atomic E-state index is -3.82. The van der Waals surface area contributed by atoms with E-state index in [0.29, 0.717) is 10.6 Å². The Kier molecular flexibility index (Phi) is 5.82. The predicted octanol–water partition coefficient (Wildman–Crippen LogP) is 2.06. The van der Waals surface area contributed by atoms with E-state index < -0.39 is 15.1 Å². The smallest absolute Gasteiger partial charge is 0.335 e. The lowest BCUT2D eigenvalue weighted by molar-refractivity contribution is 0.0948. The van der Waals surface area contributed by atoms with Crippen molar-refractivity contribution in [1.29, 1.82) is 0 Å². The van der Waals surface area contributed by atoms with Crippen LogP contribution in [0.25, 0.3) is 0 Å². The van der Waals surface area contributed by atoms with Crippen LogP contribution in [0.1, 0.15) is 21.9 Å². The zero-order chi connectivity index (χ0) is 19.3. The van der Waals surface area contributed by atoms with E-state index in [1.807, 2.05) is 0 Å². The van der Waals surface area contributed by atoms with Gasteiger partial charge in [0.1, 0.15) is 5.69 Å². The number of hydrogen-bond acceptors (Lipinski definition) is 7. The highest BCUT2D eigenvalue weighted by molar-refractivity contribution is 7.90. The van der Waals surface area contributed by atoms with Gasteiger partial charge in [-0.3, -0.25) is 9.78 Å². The van der Waals surface area contributed by atoms with Crippen LogP contribution in [0.5, 0.6) is 0 Å². The van der Waals surface area contributed by atoms with Gasteiger partial charge in [0.05, 0.1) is 5.75 Å². The first-order valence-electron chi connectivity index (χ1n) is 7.93. The van der Waals surface area contributed by atoms with Crippen LogP contribution in [0.3, 0.4) is 0 Å². The van der Waals surface area contributed by atoms with Crippen molar-refractivity contribution in [2.24, 2.45) is 0 Å². The molecule has 27 heavy (non-hydrogen) atoms. The van der Waals surface area contributed by atoms with E-state index in [0.717, 1.165) is 0 Å². The molecule has 8 nitrogen and oxygen atoms in total. The molecule has 0 aliphatic rings. The van der Waals surface area contributed by atoms with Crippen LogP contribution < -0.4 is 5.32 Å². The Morgan fingerprint density at radius 1 is 1.11 bits per heavy atom. The minimum absolute atomic E-state index is 0.106. The highest BCUT2D eigenvalue weighted by Gasteiger charge is 2.24. The molecule has 2 heterocycles. The van der Waals surface area contributed by atoms with Gasteiger partial charge in [0.25, 0.3) is 5.91 Å². The van der Waals surface area contributed by atoms with E-state index in [4.69, 9.17) is 16.0 Å². The number of pyridine rings is 1. The molecule has 1 aromatic carbocycles.